The highest BCUT2D eigenvalue weighted by Crippen LogP contribution is 2.29. The van der Waals surface area contributed by atoms with Gasteiger partial charge in [0.2, 0.25) is 0 Å². The largest absolute Gasteiger partial charge is 0.490 e. The Morgan fingerprint density at radius 1 is 0.912 bits per heavy atom. The number of hydrogen-bond donors (Lipinski definition) is 1. The van der Waals surface area contributed by atoms with E-state index in [0.29, 0.717) is 30.3 Å². The minimum atomic E-state index is -0.242. The smallest absolute Gasteiger partial charge is 0.272 e. The van der Waals surface area contributed by atoms with Crippen LogP contribution < -0.4 is 14.9 Å². The lowest BCUT2D eigenvalue weighted by Crippen LogP contribution is -2.19. The second-order valence-corrected chi connectivity index (χ2v) is 8.09. The number of nitrogens with one attached hydrogen (secondary N) is 1. The van der Waals surface area contributed by atoms with Crippen molar-refractivity contribution >= 4 is 22.9 Å². The standard InChI is InChI=1S/C29H28N2O3/c1-4-33-27-17-23(14-16-26(27)34-19-22-12-9-20(2)10-13-22)18-30-31-29(32)28-21(3)11-15-24-7-5-6-8-25(24)28/h5-18H,4,19H2,1-3H3,(H,31,32)/b30-18-. The fourth-order valence-corrected chi connectivity index (χ4v) is 3.74. The van der Waals surface area contributed by atoms with Crippen LogP contribution in [-0.4, -0.2) is 18.7 Å². The van der Waals surface area contributed by atoms with E-state index in [2.05, 4.69) is 41.7 Å². The molecule has 0 atom stereocenters. The van der Waals surface area contributed by atoms with Crippen LogP contribution in [-0.2, 0) is 6.61 Å². The van der Waals surface area contributed by atoms with Crippen molar-refractivity contribution in [1.29, 1.82) is 0 Å². The summed E-state index contributed by atoms with van der Waals surface area (Å²) >= 11 is 0. The summed E-state index contributed by atoms with van der Waals surface area (Å²) in [4.78, 5) is 12.9. The molecule has 0 aliphatic rings. The first-order chi connectivity index (χ1) is 16.5. The van der Waals surface area contributed by atoms with Gasteiger partial charge in [0.1, 0.15) is 6.61 Å². The quantitative estimate of drug-likeness (QED) is 0.256. The lowest BCUT2D eigenvalue weighted by Gasteiger charge is -2.13. The zero-order valence-corrected chi connectivity index (χ0v) is 19.7. The van der Waals surface area contributed by atoms with E-state index in [4.69, 9.17) is 9.47 Å². The number of ether oxygens (including phenoxy) is 2. The van der Waals surface area contributed by atoms with Crippen LogP contribution in [0, 0.1) is 13.8 Å². The summed E-state index contributed by atoms with van der Waals surface area (Å²) in [5, 5.41) is 6.10. The fourth-order valence-electron chi connectivity index (χ4n) is 3.74. The molecule has 0 unspecified atom stereocenters. The van der Waals surface area contributed by atoms with Gasteiger partial charge in [-0.1, -0.05) is 66.2 Å². The molecule has 0 spiro atoms. The molecule has 4 rings (SSSR count). The summed E-state index contributed by atoms with van der Waals surface area (Å²) in [5.41, 5.74) is 7.28. The molecule has 5 nitrogen and oxygen atoms in total. The van der Waals surface area contributed by atoms with Crippen molar-refractivity contribution in [2.45, 2.75) is 27.4 Å². The normalized spacial score (nSPS) is 11.0. The molecule has 4 aromatic carbocycles. The van der Waals surface area contributed by atoms with Crippen molar-refractivity contribution in [1.82, 2.24) is 5.43 Å². The maximum absolute atomic E-state index is 12.9. The molecule has 0 aliphatic heterocycles. The topological polar surface area (TPSA) is 59.9 Å². The summed E-state index contributed by atoms with van der Waals surface area (Å²) in [7, 11) is 0. The van der Waals surface area contributed by atoms with E-state index < -0.39 is 0 Å². The molecule has 0 fully saturated rings. The van der Waals surface area contributed by atoms with Crippen molar-refractivity contribution in [3.63, 3.8) is 0 Å². The van der Waals surface area contributed by atoms with Crippen molar-refractivity contribution in [2.24, 2.45) is 5.10 Å². The first-order valence-electron chi connectivity index (χ1n) is 11.3. The Hall–Kier alpha value is -4.12. The minimum Gasteiger partial charge on any atom is -0.490 e. The SMILES string of the molecule is CCOc1cc(/C=N\NC(=O)c2c(C)ccc3ccccc23)ccc1OCc1ccc(C)cc1. The number of carbonyl (C=O) groups is 1. The summed E-state index contributed by atoms with van der Waals surface area (Å²) in [6.07, 6.45) is 1.60. The number of hydrazone groups is 1. The Labute approximate surface area is 200 Å². The summed E-state index contributed by atoms with van der Waals surface area (Å²) in [5.74, 6) is 1.05. The van der Waals surface area contributed by atoms with E-state index in [1.165, 1.54) is 5.56 Å². The second-order valence-electron chi connectivity index (χ2n) is 8.09. The first-order valence-corrected chi connectivity index (χ1v) is 11.3. The number of rotatable bonds is 8. The molecule has 0 aromatic heterocycles. The Bertz CT molecular complexity index is 1330. The lowest BCUT2D eigenvalue weighted by molar-refractivity contribution is 0.0956. The Morgan fingerprint density at radius 2 is 1.71 bits per heavy atom. The van der Waals surface area contributed by atoms with Crippen LogP contribution in [0.4, 0.5) is 0 Å². The molecule has 34 heavy (non-hydrogen) atoms. The van der Waals surface area contributed by atoms with Crippen LogP contribution in [0.15, 0.2) is 84.0 Å². The molecule has 4 aromatic rings. The van der Waals surface area contributed by atoms with Gasteiger partial charge >= 0.3 is 0 Å². The molecule has 1 amide bonds. The van der Waals surface area contributed by atoms with E-state index in [-0.39, 0.29) is 5.91 Å². The zero-order valence-electron chi connectivity index (χ0n) is 19.7. The van der Waals surface area contributed by atoms with Gasteiger partial charge in [-0.2, -0.15) is 5.10 Å². The maximum atomic E-state index is 12.9. The Morgan fingerprint density at radius 3 is 2.50 bits per heavy atom. The predicted molar refractivity (Wildman–Crippen MR) is 137 cm³/mol. The number of amides is 1. The molecule has 0 heterocycles. The third-order valence-corrected chi connectivity index (χ3v) is 5.53. The zero-order chi connectivity index (χ0) is 23.9. The molecule has 5 heteroatoms. The van der Waals surface area contributed by atoms with Gasteiger partial charge in [-0.15, -0.1) is 0 Å². The minimum absolute atomic E-state index is 0.242. The number of carbonyl (C=O) groups excluding carboxylic acids is 1. The van der Waals surface area contributed by atoms with Gasteiger partial charge in [-0.05, 0) is 66.4 Å². The molecule has 0 saturated heterocycles. The predicted octanol–water partition coefficient (Wildman–Crippen LogP) is 6.20. The van der Waals surface area contributed by atoms with Gasteiger partial charge in [0.15, 0.2) is 11.5 Å². The molecule has 172 valence electrons. The van der Waals surface area contributed by atoms with E-state index in [1.54, 1.807) is 6.21 Å². The summed E-state index contributed by atoms with van der Waals surface area (Å²) in [6.45, 7) is 6.88. The van der Waals surface area contributed by atoms with Gasteiger partial charge in [-0.25, -0.2) is 5.43 Å². The highest BCUT2D eigenvalue weighted by atomic mass is 16.5. The fraction of sp³-hybridized carbons (Fsp3) is 0.172. The molecule has 0 aliphatic carbocycles. The Kier molecular flexibility index (Phi) is 7.23. The number of fused-ring (bicyclic) bond motifs is 1. The van der Waals surface area contributed by atoms with Crippen molar-refractivity contribution in [3.05, 3.63) is 107 Å². The number of hydrogen-bond acceptors (Lipinski definition) is 4. The molecular formula is C29H28N2O3. The van der Waals surface area contributed by atoms with Crippen molar-refractivity contribution in [2.75, 3.05) is 6.61 Å². The van der Waals surface area contributed by atoms with Crippen LogP contribution in [0.1, 0.15) is 39.5 Å². The van der Waals surface area contributed by atoms with E-state index in [1.807, 2.05) is 68.4 Å². The summed E-state index contributed by atoms with van der Waals surface area (Å²) < 4.78 is 11.8. The van der Waals surface area contributed by atoms with E-state index >= 15 is 0 Å². The van der Waals surface area contributed by atoms with Gasteiger partial charge in [0.25, 0.3) is 5.91 Å². The molecule has 1 N–H and O–H groups in total. The first kappa shape index (κ1) is 23.1. The number of benzene rings is 4. The number of nitrogens with zero attached hydrogens (tertiary/aromatic N) is 1. The van der Waals surface area contributed by atoms with Gasteiger partial charge < -0.3 is 9.47 Å². The third-order valence-electron chi connectivity index (χ3n) is 5.53. The van der Waals surface area contributed by atoms with Crippen LogP contribution in [0.25, 0.3) is 10.8 Å². The molecule has 0 saturated carbocycles. The van der Waals surface area contributed by atoms with Crippen LogP contribution in [0.3, 0.4) is 0 Å². The lowest BCUT2D eigenvalue weighted by atomic mass is 9.99. The van der Waals surface area contributed by atoms with Gasteiger partial charge in [-0.3, -0.25) is 4.79 Å². The molecule has 0 bridgehead atoms. The van der Waals surface area contributed by atoms with E-state index in [9.17, 15) is 4.79 Å². The average Bonchev–Trinajstić information content (AvgIpc) is 2.84. The number of aryl methyl sites for hydroxylation is 2. The maximum Gasteiger partial charge on any atom is 0.272 e. The molecule has 0 radical (unpaired) electrons. The average molecular weight is 453 g/mol. The van der Waals surface area contributed by atoms with Crippen LogP contribution in [0.2, 0.25) is 0 Å². The second kappa shape index (κ2) is 10.7. The highest BCUT2D eigenvalue weighted by Gasteiger charge is 2.12. The van der Waals surface area contributed by atoms with Crippen molar-refractivity contribution in [3.8, 4) is 11.5 Å². The van der Waals surface area contributed by atoms with E-state index in [0.717, 1.165) is 27.5 Å². The van der Waals surface area contributed by atoms with Gasteiger partial charge in [0, 0.05) is 0 Å². The molecular weight excluding hydrogens is 424 g/mol. The summed E-state index contributed by atoms with van der Waals surface area (Å²) in [6, 6.07) is 25.6. The van der Waals surface area contributed by atoms with Crippen LogP contribution in [0.5, 0.6) is 11.5 Å². The Balaban J connectivity index is 1.46. The van der Waals surface area contributed by atoms with Gasteiger partial charge in [0.05, 0.1) is 18.4 Å². The van der Waals surface area contributed by atoms with Crippen LogP contribution >= 0.6 is 0 Å². The van der Waals surface area contributed by atoms with Crippen molar-refractivity contribution < 1.29 is 14.3 Å². The highest BCUT2D eigenvalue weighted by molar-refractivity contribution is 6.08. The third kappa shape index (κ3) is 5.44. The monoisotopic (exact) mass is 452 g/mol.